The molecule has 0 spiro atoms. The standard InChI is InChI=1S/C12H12ClNO2S/c1-7-6-17-12(14-7)11(15)8-3-4-9(13)10(5-8)16-2/h3-6,11,15H,1-2H3. The minimum Gasteiger partial charge on any atom is -0.495 e. The molecule has 1 N–H and O–H groups in total. The summed E-state index contributed by atoms with van der Waals surface area (Å²) in [5.41, 5.74) is 1.63. The molecular formula is C12H12ClNO2S. The summed E-state index contributed by atoms with van der Waals surface area (Å²) in [5.74, 6) is 0.552. The van der Waals surface area contributed by atoms with Gasteiger partial charge in [0.2, 0.25) is 0 Å². The van der Waals surface area contributed by atoms with Crippen molar-refractivity contribution in [1.29, 1.82) is 0 Å². The van der Waals surface area contributed by atoms with Gasteiger partial charge in [-0.15, -0.1) is 11.3 Å². The maximum atomic E-state index is 10.2. The van der Waals surface area contributed by atoms with E-state index in [1.165, 1.54) is 11.3 Å². The summed E-state index contributed by atoms with van der Waals surface area (Å²) in [6, 6.07) is 5.20. The molecule has 2 rings (SSSR count). The third kappa shape index (κ3) is 2.60. The van der Waals surface area contributed by atoms with Crippen LogP contribution in [0.3, 0.4) is 0 Å². The molecule has 0 saturated carbocycles. The van der Waals surface area contributed by atoms with E-state index in [4.69, 9.17) is 16.3 Å². The highest BCUT2D eigenvalue weighted by atomic mass is 35.5. The van der Waals surface area contributed by atoms with E-state index < -0.39 is 6.10 Å². The smallest absolute Gasteiger partial charge is 0.137 e. The van der Waals surface area contributed by atoms with E-state index in [1.54, 1.807) is 25.3 Å². The summed E-state index contributed by atoms with van der Waals surface area (Å²) < 4.78 is 5.12. The minimum absolute atomic E-state index is 0.527. The second-order valence-electron chi connectivity index (χ2n) is 3.62. The number of aromatic nitrogens is 1. The van der Waals surface area contributed by atoms with Gasteiger partial charge in [-0.25, -0.2) is 4.98 Å². The Labute approximate surface area is 109 Å². The van der Waals surface area contributed by atoms with Gasteiger partial charge in [-0.1, -0.05) is 17.7 Å². The molecule has 1 unspecified atom stereocenters. The molecule has 0 aliphatic heterocycles. The van der Waals surface area contributed by atoms with Crippen molar-refractivity contribution in [3.05, 3.63) is 44.9 Å². The summed E-state index contributed by atoms with van der Waals surface area (Å²) in [6.45, 7) is 1.90. The third-order valence-corrected chi connectivity index (χ3v) is 3.69. The molecule has 3 nitrogen and oxygen atoms in total. The van der Waals surface area contributed by atoms with Crippen molar-refractivity contribution in [2.24, 2.45) is 0 Å². The fourth-order valence-corrected chi connectivity index (χ4v) is 2.49. The molecule has 0 amide bonds. The number of aliphatic hydroxyl groups is 1. The van der Waals surface area contributed by atoms with Crippen LogP contribution in [-0.4, -0.2) is 17.2 Å². The SMILES string of the molecule is COc1cc(C(O)c2nc(C)cs2)ccc1Cl. The monoisotopic (exact) mass is 269 g/mol. The van der Waals surface area contributed by atoms with Gasteiger partial charge >= 0.3 is 0 Å². The van der Waals surface area contributed by atoms with E-state index in [1.807, 2.05) is 12.3 Å². The zero-order valence-electron chi connectivity index (χ0n) is 9.48. The lowest BCUT2D eigenvalue weighted by molar-refractivity contribution is 0.219. The van der Waals surface area contributed by atoms with Crippen molar-refractivity contribution in [3.8, 4) is 5.75 Å². The van der Waals surface area contributed by atoms with Gasteiger partial charge in [0, 0.05) is 11.1 Å². The van der Waals surface area contributed by atoms with Gasteiger partial charge < -0.3 is 9.84 Å². The van der Waals surface area contributed by atoms with Crippen LogP contribution in [-0.2, 0) is 0 Å². The molecule has 5 heteroatoms. The Balaban J connectivity index is 2.34. The molecule has 0 aliphatic rings. The second kappa shape index (κ2) is 5.04. The van der Waals surface area contributed by atoms with Gasteiger partial charge in [0.05, 0.1) is 12.1 Å². The van der Waals surface area contributed by atoms with E-state index in [0.29, 0.717) is 15.8 Å². The van der Waals surface area contributed by atoms with E-state index in [0.717, 1.165) is 11.3 Å². The van der Waals surface area contributed by atoms with Crippen molar-refractivity contribution in [2.75, 3.05) is 7.11 Å². The van der Waals surface area contributed by atoms with Crippen molar-refractivity contribution in [1.82, 2.24) is 4.98 Å². The lowest BCUT2D eigenvalue weighted by Crippen LogP contribution is -1.99. The summed E-state index contributed by atoms with van der Waals surface area (Å²) in [4.78, 5) is 4.26. The normalized spacial score (nSPS) is 12.5. The van der Waals surface area contributed by atoms with Crippen LogP contribution in [0.25, 0.3) is 0 Å². The lowest BCUT2D eigenvalue weighted by Gasteiger charge is -2.10. The average molecular weight is 270 g/mol. The molecule has 90 valence electrons. The van der Waals surface area contributed by atoms with Crippen LogP contribution in [0.5, 0.6) is 5.75 Å². The minimum atomic E-state index is -0.736. The van der Waals surface area contributed by atoms with E-state index in [9.17, 15) is 5.11 Å². The number of ether oxygens (including phenoxy) is 1. The molecule has 0 aliphatic carbocycles. The van der Waals surface area contributed by atoms with Crippen LogP contribution in [0.4, 0.5) is 0 Å². The number of methoxy groups -OCH3 is 1. The maximum Gasteiger partial charge on any atom is 0.137 e. The van der Waals surface area contributed by atoms with Crippen molar-refractivity contribution < 1.29 is 9.84 Å². The van der Waals surface area contributed by atoms with Gasteiger partial charge in [-0.3, -0.25) is 0 Å². The van der Waals surface area contributed by atoms with Crippen LogP contribution in [0, 0.1) is 6.92 Å². The number of benzene rings is 1. The van der Waals surface area contributed by atoms with E-state index in [2.05, 4.69) is 4.98 Å². The molecule has 1 atom stereocenters. The predicted molar refractivity (Wildman–Crippen MR) is 68.9 cm³/mol. The first-order chi connectivity index (χ1) is 8.11. The zero-order valence-corrected chi connectivity index (χ0v) is 11.0. The molecule has 2 aromatic rings. The van der Waals surface area contributed by atoms with Crippen LogP contribution in [0.2, 0.25) is 5.02 Å². The van der Waals surface area contributed by atoms with Gasteiger partial charge in [-0.2, -0.15) is 0 Å². The highest BCUT2D eigenvalue weighted by Crippen LogP contribution is 2.31. The zero-order chi connectivity index (χ0) is 12.4. The van der Waals surface area contributed by atoms with Crippen LogP contribution < -0.4 is 4.74 Å². The van der Waals surface area contributed by atoms with E-state index in [-0.39, 0.29) is 0 Å². The number of rotatable bonds is 3. The van der Waals surface area contributed by atoms with Gasteiger partial charge in [0.1, 0.15) is 16.9 Å². The number of nitrogens with zero attached hydrogens (tertiary/aromatic N) is 1. The molecule has 0 radical (unpaired) electrons. The highest BCUT2D eigenvalue weighted by molar-refractivity contribution is 7.09. The maximum absolute atomic E-state index is 10.2. The lowest BCUT2D eigenvalue weighted by atomic mass is 10.1. The summed E-state index contributed by atoms with van der Waals surface area (Å²) >= 11 is 7.37. The number of thiazole rings is 1. The Morgan fingerprint density at radius 1 is 1.47 bits per heavy atom. The first-order valence-electron chi connectivity index (χ1n) is 5.05. The third-order valence-electron chi connectivity index (χ3n) is 2.36. The number of aliphatic hydroxyl groups excluding tert-OH is 1. The second-order valence-corrected chi connectivity index (χ2v) is 4.92. The Bertz CT molecular complexity index is 527. The van der Waals surface area contributed by atoms with Gasteiger partial charge in [-0.05, 0) is 24.6 Å². The molecule has 1 aromatic heterocycles. The largest absolute Gasteiger partial charge is 0.495 e. The van der Waals surface area contributed by atoms with Gasteiger partial charge in [0.15, 0.2) is 0 Å². The Morgan fingerprint density at radius 2 is 2.24 bits per heavy atom. The number of hydrogen-bond donors (Lipinski definition) is 1. The molecule has 1 aromatic carbocycles. The summed E-state index contributed by atoms with van der Waals surface area (Å²) in [6.07, 6.45) is -0.736. The molecular weight excluding hydrogens is 258 g/mol. The van der Waals surface area contributed by atoms with Crippen LogP contribution >= 0.6 is 22.9 Å². The number of halogens is 1. The fraction of sp³-hybridized carbons (Fsp3) is 0.250. The Hall–Kier alpha value is -1.10. The van der Waals surface area contributed by atoms with Crippen molar-refractivity contribution >= 4 is 22.9 Å². The molecule has 1 heterocycles. The molecule has 0 saturated heterocycles. The molecule has 17 heavy (non-hydrogen) atoms. The quantitative estimate of drug-likeness (QED) is 0.930. The average Bonchev–Trinajstić information content (AvgIpc) is 2.75. The van der Waals surface area contributed by atoms with Crippen molar-refractivity contribution in [2.45, 2.75) is 13.0 Å². The first kappa shape index (κ1) is 12.4. The fourth-order valence-electron chi connectivity index (χ4n) is 1.49. The Morgan fingerprint density at radius 3 is 2.82 bits per heavy atom. The highest BCUT2D eigenvalue weighted by Gasteiger charge is 2.15. The molecule has 0 bridgehead atoms. The predicted octanol–water partition coefficient (Wildman–Crippen LogP) is 3.20. The number of aryl methyl sites for hydroxylation is 1. The molecule has 0 fully saturated rings. The van der Waals surface area contributed by atoms with E-state index >= 15 is 0 Å². The van der Waals surface area contributed by atoms with Crippen molar-refractivity contribution in [3.63, 3.8) is 0 Å². The Kier molecular flexibility index (Phi) is 3.66. The van der Waals surface area contributed by atoms with Crippen LogP contribution in [0.15, 0.2) is 23.6 Å². The number of hydrogen-bond acceptors (Lipinski definition) is 4. The summed E-state index contributed by atoms with van der Waals surface area (Å²) in [7, 11) is 1.55. The first-order valence-corrected chi connectivity index (χ1v) is 6.31. The summed E-state index contributed by atoms with van der Waals surface area (Å²) in [5, 5.41) is 13.3. The van der Waals surface area contributed by atoms with Crippen LogP contribution in [0.1, 0.15) is 22.4 Å². The van der Waals surface area contributed by atoms with Gasteiger partial charge in [0.25, 0.3) is 0 Å². The topological polar surface area (TPSA) is 42.4 Å².